The van der Waals surface area contributed by atoms with Gasteiger partial charge in [-0.05, 0) is 25.0 Å². The van der Waals surface area contributed by atoms with Crippen LogP contribution in [0.2, 0.25) is 0 Å². The maximum absolute atomic E-state index is 5.87. The van der Waals surface area contributed by atoms with Crippen LogP contribution in [0, 0.1) is 0 Å². The van der Waals surface area contributed by atoms with Crippen molar-refractivity contribution in [2.24, 2.45) is 11.5 Å². The van der Waals surface area contributed by atoms with E-state index in [1.54, 1.807) is 0 Å². The predicted octanol–water partition coefficient (Wildman–Crippen LogP) is 1.99. The lowest BCUT2D eigenvalue weighted by Gasteiger charge is -2.28. The molecular weight excluding hydrogens is 284 g/mol. The third kappa shape index (κ3) is 1.53. The van der Waals surface area contributed by atoms with Crippen LogP contribution in [0.15, 0.2) is 20.1 Å². The van der Waals surface area contributed by atoms with Crippen molar-refractivity contribution in [3.05, 3.63) is 20.1 Å². The van der Waals surface area contributed by atoms with Crippen molar-refractivity contribution in [2.45, 2.75) is 25.9 Å². The van der Waals surface area contributed by atoms with E-state index in [-0.39, 0.29) is 12.1 Å². The Bertz CT molecular complexity index is 240. The van der Waals surface area contributed by atoms with Crippen molar-refractivity contribution >= 4 is 31.9 Å². The monoisotopic (exact) mass is 294 g/mol. The third-order valence-corrected chi connectivity index (χ3v) is 4.50. The van der Waals surface area contributed by atoms with Gasteiger partial charge in [-0.1, -0.05) is 31.9 Å². The van der Waals surface area contributed by atoms with E-state index in [1.807, 2.05) is 13.8 Å². The molecule has 2 nitrogen and oxygen atoms in total. The van der Waals surface area contributed by atoms with Crippen LogP contribution in [-0.2, 0) is 0 Å². The largest absolute Gasteiger partial charge is 0.322 e. The van der Waals surface area contributed by atoms with Gasteiger partial charge >= 0.3 is 0 Å². The molecule has 2 unspecified atom stereocenters. The summed E-state index contributed by atoms with van der Waals surface area (Å²) in [5.41, 5.74) is 14.1. The minimum absolute atomic E-state index is 0.122. The maximum Gasteiger partial charge on any atom is 0.0565 e. The molecule has 0 aromatic heterocycles. The Morgan fingerprint density at radius 1 is 0.917 bits per heavy atom. The molecule has 1 rings (SSSR count). The maximum atomic E-state index is 5.87. The molecule has 4 heteroatoms. The summed E-state index contributed by atoms with van der Waals surface area (Å²) in [6.45, 7) is 4.07. The quantitative estimate of drug-likeness (QED) is 0.718. The van der Waals surface area contributed by atoms with Crippen molar-refractivity contribution in [3.63, 3.8) is 0 Å². The Hall–Kier alpha value is 0.360. The number of rotatable bonds is 0. The molecule has 0 fully saturated rings. The van der Waals surface area contributed by atoms with Gasteiger partial charge in [0.25, 0.3) is 0 Å². The van der Waals surface area contributed by atoms with Crippen molar-refractivity contribution in [1.82, 2.24) is 0 Å². The summed E-state index contributed by atoms with van der Waals surface area (Å²) in [6.07, 6.45) is 0. The highest BCUT2D eigenvalue weighted by Gasteiger charge is 2.27. The first kappa shape index (κ1) is 10.4. The highest BCUT2D eigenvalue weighted by Crippen LogP contribution is 2.34. The Morgan fingerprint density at radius 2 is 1.17 bits per heavy atom. The van der Waals surface area contributed by atoms with E-state index in [1.165, 1.54) is 11.1 Å². The molecular formula is C8H12Br2N2. The molecule has 68 valence electrons. The summed E-state index contributed by atoms with van der Waals surface area (Å²) >= 11 is 6.89. The second-order valence-electron chi connectivity index (χ2n) is 3.00. The highest BCUT2D eigenvalue weighted by molar-refractivity contribution is 9.12. The molecule has 0 aliphatic heterocycles. The van der Waals surface area contributed by atoms with Gasteiger partial charge in [-0.15, -0.1) is 0 Å². The van der Waals surface area contributed by atoms with Gasteiger partial charge in [0.15, 0.2) is 0 Å². The van der Waals surface area contributed by atoms with Crippen LogP contribution in [0.1, 0.15) is 13.8 Å². The van der Waals surface area contributed by atoms with Gasteiger partial charge in [-0.3, -0.25) is 0 Å². The first-order valence-electron chi connectivity index (χ1n) is 3.71. The van der Waals surface area contributed by atoms with E-state index in [2.05, 4.69) is 31.9 Å². The van der Waals surface area contributed by atoms with Crippen molar-refractivity contribution in [1.29, 1.82) is 0 Å². The van der Waals surface area contributed by atoms with Crippen LogP contribution in [0.4, 0.5) is 0 Å². The molecule has 0 aromatic rings. The van der Waals surface area contributed by atoms with Gasteiger partial charge in [0.2, 0.25) is 0 Å². The molecule has 12 heavy (non-hydrogen) atoms. The van der Waals surface area contributed by atoms with Gasteiger partial charge in [-0.25, -0.2) is 0 Å². The first-order valence-corrected chi connectivity index (χ1v) is 5.29. The molecule has 0 spiro atoms. The number of allylic oxidation sites excluding steroid dienone is 2. The zero-order valence-corrected chi connectivity index (χ0v) is 10.2. The van der Waals surface area contributed by atoms with Gasteiger partial charge in [0, 0.05) is 8.96 Å². The fourth-order valence-electron chi connectivity index (χ4n) is 1.17. The van der Waals surface area contributed by atoms with Crippen LogP contribution < -0.4 is 11.5 Å². The molecule has 2 atom stereocenters. The summed E-state index contributed by atoms with van der Waals surface area (Å²) in [6, 6.07) is -0.244. The fourth-order valence-corrected chi connectivity index (χ4v) is 2.34. The van der Waals surface area contributed by atoms with E-state index in [0.717, 1.165) is 8.96 Å². The first-order chi connectivity index (χ1) is 5.46. The van der Waals surface area contributed by atoms with Gasteiger partial charge in [0.1, 0.15) is 0 Å². The highest BCUT2D eigenvalue weighted by atomic mass is 79.9. The Morgan fingerprint density at radius 3 is 1.42 bits per heavy atom. The Kier molecular flexibility index (Phi) is 3.15. The van der Waals surface area contributed by atoms with E-state index in [0.29, 0.717) is 0 Å². The summed E-state index contributed by atoms with van der Waals surface area (Å²) in [5, 5.41) is 0. The Labute approximate surface area is 89.3 Å². The van der Waals surface area contributed by atoms with Gasteiger partial charge in [0.05, 0.1) is 12.1 Å². The predicted molar refractivity (Wildman–Crippen MR) is 59.2 cm³/mol. The molecule has 0 saturated heterocycles. The minimum atomic E-state index is -0.122. The number of halogens is 2. The zero-order valence-electron chi connectivity index (χ0n) is 7.07. The summed E-state index contributed by atoms with van der Waals surface area (Å²) in [4.78, 5) is 0. The molecule has 0 saturated carbocycles. The van der Waals surface area contributed by atoms with Crippen LogP contribution in [0.5, 0.6) is 0 Å². The SMILES string of the molecule is CC1=C(Br)C(N)C(N)C(Br)=C1C. The van der Waals surface area contributed by atoms with Gasteiger partial charge in [-0.2, -0.15) is 0 Å². The van der Waals surface area contributed by atoms with E-state index >= 15 is 0 Å². The molecule has 1 aliphatic rings. The molecule has 0 heterocycles. The number of hydrogen-bond acceptors (Lipinski definition) is 2. The minimum Gasteiger partial charge on any atom is -0.322 e. The molecule has 0 bridgehead atoms. The number of nitrogens with two attached hydrogens (primary N) is 2. The lowest BCUT2D eigenvalue weighted by Crippen LogP contribution is -2.44. The number of hydrogen-bond donors (Lipinski definition) is 2. The summed E-state index contributed by atoms with van der Waals surface area (Å²) in [7, 11) is 0. The van der Waals surface area contributed by atoms with Crippen molar-refractivity contribution < 1.29 is 0 Å². The van der Waals surface area contributed by atoms with Crippen LogP contribution >= 0.6 is 31.9 Å². The lowest BCUT2D eigenvalue weighted by atomic mass is 9.94. The van der Waals surface area contributed by atoms with Crippen LogP contribution in [-0.4, -0.2) is 12.1 Å². The van der Waals surface area contributed by atoms with Crippen molar-refractivity contribution in [3.8, 4) is 0 Å². The zero-order chi connectivity index (χ0) is 9.46. The topological polar surface area (TPSA) is 52.0 Å². The molecule has 0 aromatic carbocycles. The van der Waals surface area contributed by atoms with Crippen LogP contribution in [0.3, 0.4) is 0 Å². The Balaban J connectivity index is 3.18. The normalized spacial score (nSPS) is 31.5. The van der Waals surface area contributed by atoms with E-state index in [9.17, 15) is 0 Å². The average molecular weight is 296 g/mol. The second-order valence-corrected chi connectivity index (χ2v) is 4.71. The smallest absolute Gasteiger partial charge is 0.0565 e. The van der Waals surface area contributed by atoms with Gasteiger partial charge < -0.3 is 11.5 Å². The molecule has 1 aliphatic carbocycles. The summed E-state index contributed by atoms with van der Waals surface area (Å²) < 4.78 is 2.02. The molecule has 0 amide bonds. The van der Waals surface area contributed by atoms with Crippen molar-refractivity contribution in [2.75, 3.05) is 0 Å². The molecule has 0 radical (unpaired) electrons. The van der Waals surface area contributed by atoms with Crippen LogP contribution in [0.25, 0.3) is 0 Å². The van der Waals surface area contributed by atoms with E-state index in [4.69, 9.17) is 11.5 Å². The lowest BCUT2D eigenvalue weighted by molar-refractivity contribution is 0.674. The third-order valence-electron chi connectivity index (χ3n) is 2.25. The van der Waals surface area contributed by atoms with E-state index < -0.39 is 0 Å². The fraction of sp³-hybridized carbons (Fsp3) is 0.500. The average Bonchev–Trinajstić information content (AvgIpc) is 2.08. The standard InChI is InChI=1S/C8H12Br2N2/c1-3-4(2)6(10)8(12)7(11)5(3)9/h7-8H,11-12H2,1-2H3. The molecule has 4 N–H and O–H groups in total. The second kappa shape index (κ2) is 3.62. The summed E-state index contributed by atoms with van der Waals surface area (Å²) in [5.74, 6) is 0.